The molecule has 0 radical (unpaired) electrons. The minimum absolute atomic E-state index is 0.00775. The third kappa shape index (κ3) is 1.71. The first kappa shape index (κ1) is 13.4. The summed E-state index contributed by atoms with van der Waals surface area (Å²) in [7, 11) is 0. The first-order valence-electron chi connectivity index (χ1n) is 8.89. The third-order valence-corrected chi connectivity index (χ3v) is 7.96. The molecule has 4 aliphatic carbocycles. The molecule has 3 fully saturated rings. The number of hydrogen-bond acceptors (Lipinski definition) is 1. The lowest BCUT2D eigenvalue weighted by Crippen LogP contribution is -2.53. The van der Waals surface area contributed by atoms with Gasteiger partial charge in [-0.25, -0.2) is 0 Å². The molecule has 4 aliphatic rings. The second-order valence-electron chi connectivity index (χ2n) is 8.77. The number of hydrogen-bond donors (Lipinski definition) is 1. The molecule has 5 unspecified atom stereocenters. The van der Waals surface area contributed by atoms with Gasteiger partial charge in [0.15, 0.2) is 0 Å². The van der Waals surface area contributed by atoms with E-state index in [0.29, 0.717) is 10.8 Å². The minimum Gasteiger partial charge on any atom is -0.393 e. The number of fused-ring (bicyclic) bond motifs is 5. The Morgan fingerprint density at radius 3 is 2.70 bits per heavy atom. The molecule has 0 aromatic carbocycles. The van der Waals surface area contributed by atoms with Gasteiger partial charge in [-0.2, -0.15) is 0 Å². The number of aliphatic hydroxyl groups excluding tert-OH is 1. The molecule has 7 atom stereocenters. The van der Waals surface area contributed by atoms with Crippen LogP contribution in [0.25, 0.3) is 0 Å². The molecule has 0 heterocycles. The van der Waals surface area contributed by atoms with Gasteiger partial charge in [0.2, 0.25) is 0 Å². The van der Waals surface area contributed by atoms with Crippen molar-refractivity contribution in [2.75, 3.05) is 0 Å². The molecular weight excluding hydrogens is 244 g/mol. The molecule has 20 heavy (non-hydrogen) atoms. The highest BCUT2D eigenvalue weighted by molar-refractivity contribution is 5.16. The van der Waals surface area contributed by atoms with Crippen LogP contribution in [0.1, 0.15) is 65.2 Å². The maximum absolute atomic E-state index is 10.0. The Kier molecular flexibility index (Phi) is 2.91. The molecule has 0 aromatic heterocycles. The Balaban J connectivity index is 1.63. The van der Waals surface area contributed by atoms with Crippen molar-refractivity contribution in [3.63, 3.8) is 0 Å². The average molecular weight is 274 g/mol. The van der Waals surface area contributed by atoms with Crippen molar-refractivity contribution in [1.29, 1.82) is 0 Å². The van der Waals surface area contributed by atoms with Crippen LogP contribution in [-0.4, -0.2) is 11.2 Å². The van der Waals surface area contributed by atoms with Crippen LogP contribution in [0.5, 0.6) is 0 Å². The fraction of sp³-hybridized carbons (Fsp3) is 0.895. The standard InChI is InChI=1S/C19H30O/c1-18-9-3-4-16(18)15-6-5-13-12-14(20)7-11-19(13,2)17(15)8-10-18/h3,9,13-17,20H,4-8,10-12H2,1-2H3/t13-,14-,15?,16?,17?,18?,19?/m0/s1. The third-order valence-electron chi connectivity index (χ3n) is 7.96. The normalized spacial score (nSPS) is 57.9. The van der Waals surface area contributed by atoms with Gasteiger partial charge in [-0.3, -0.25) is 0 Å². The molecule has 4 rings (SSSR count). The molecule has 0 saturated heterocycles. The molecule has 0 bridgehead atoms. The molecular formula is C19H30O. The highest BCUT2D eigenvalue weighted by atomic mass is 16.3. The van der Waals surface area contributed by atoms with Crippen LogP contribution in [0.4, 0.5) is 0 Å². The van der Waals surface area contributed by atoms with Crippen molar-refractivity contribution in [2.45, 2.75) is 71.3 Å². The van der Waals surface area contributed by atoms with Gasteiger partial charge in [-0.15, -0.1) is 0 Å². The van der Waals surface area contributed by atoms with Crippen molar-refractivity contribution in [3.8, 4) is 0 Å². The molecule has 112 valence electrons. The summed E-state index contributed by atoms with van der Waals surface area (Å²) in [6.45, 7) is 5.09. The van der Waals surface area contributed by atoms with Crippen LogP contribution in [0.3, 0.4) is 0 Å². The summed E-state index contributed by atoms with van der Waals surface area (Å²) in [4.78, 5) is 0. The van der Waals surface area contributed by atoms with Crippen LogP contribution in [0, 0.1) is 34.5 Å². The van der Waals surface area contributed by atoms with E-state index in [1.807, 2.05) is 0 Å². The average Bonchev–Trinajstić information content (AvgIpc) is 2.81. The molecule has 1 heteroatoms. The number of aliphatic hydroxyl groups is 1. The van der Waals surface area contributed by atoms with Crippen molar-refractivity contribution >= 4 is 0 Å². The smallest absolute Gasteiger partial charge is 0.0543 e. The van der Waals surface area contributed by atoms with Crippen LogP contribution in [-0.2, 0) is 0 Å². The highest BCUT2D eigenvalue weighted by Crippen LogP contribution is 2.64. The quantitative estimate of drug-likeness (QED) is 0.642. The lowest BCUT2D eigenvalue weighted by atomic mass is 9.45. The van der Waals surface area contributed by atoms with E-state index in [-0.39, 0.29) is 6.10 Å². The lowest BCUT2D eigenvalue weighted by molar-refractivity contribution is -0.116. The zero-order valence-corrected chi connectivity index (χ0v) is 13.1. The van der Waals surface area contributed by atoms with Crippen LogP contribution in [0.15, 0.2) is 12.2 Å². The van der Waals surface area contributed by atoms with E-state index in [2.05, 4.69) is 26.0 Å². The summed E-state index contributed by atoms with van der Waals surface area (Å²) in [5.41, 5.74) is 1.05. The van der Waals surface area contributed by atoms with Gasteiger partial charge >= 0.3 is 0 Å². The zero-order chi connectivity index (χ0) is 14.0. The molecule has 0 spiro atoms. The predicted molar refractivity (Wildman–Crippen MR) is 82.3 cm³/mol. The van der Waals surface area contributed by atoms with E-state index in [0.717, 1.165) is 36.5 Å². The maximum atomic E-state index is 10.0. The first-order valence-corrected chi connectivity index (χ1v) is 8.89. The Morgan fingerprint density at radius 2 is 1.85 bits per heavy atom. The van der Waals surface area contributed by atoms with Gasteiger partial charge in [0, 0.05) is 0 Å². The lowest BCUT2D eigenvalue weighted by Gasteiger charge is -2.60. The maximum Gasteiger partial charge on any atom is 0.0543 e. The Hall–Kier alpha value is -0.300. The molecule has 1 N–H and O–H groups in total. The topological polar surface area (TPSA) is 20.2 Å². The molecule has 0 amide bonds. The predicted octanol–water partition coefficient (Wildman–Crippen LogP) is 4.56. The van der Waals surface area contributed by atoms with E-state index in [1.54, 1.807) is 0 Å². The summed E-state index contributed by atoms with van der Waals surface area (Å²) >= 11 is 0. The summed E-state index contributed by atoms with van der Waals surface area (Å²) in [6.07, 6.45) is 15.4. The van der Waals surface area contributed by atoms with Gasteiger partial charge in [0.25, 0.3) is 0 Å². The molecule has 3 saturated carbocycles. The van der Waals surface area contributed by atoms with Crippen LogP contribution >= 0.6 is 0 Å². The molecule has 1 nitrogen and oxygen atoms in total. The summed E-state index contributed by atoms with van der Waals surface area (Å²) < 4.78 is 0. The van der Waals surface area contributed by atoms with Gasteiger partial charge in [-0.05, 0) is 85.9 Å². The van der Waals surface area contributed by atoms with E-state index in [9.17, 15) is 5.11 Å². The van der Waals surface area contributed by atoms with Crippen molar-refractivity contribution in [2.24, 2.45) is 34.5 Å². The molecule has 0 aromatic rings. The second-order valence-corrected chi connectivity index (χ2v) is 8.77. The Labute approximate surface area is 123 Å². The van der Waals surface area contributed by atoms with Gasteiger partial charge in [0.1, 0.15) is 0 Å². The monoisotopic (exact) mass is 274 g/mol. The van der Waals surface area contributed by atoms with Crippen molar-refractivity contribution in [1.82, 2.24) is 0 Å². The largest absolute Gasteiger partial charge is 0.393 e. The van der Waals surface area contributed by atoms with Crippen LogP contribution < -0.4 is 0 Å². The first-order chi connectivity index (χ1) is 9.53. The summed E-state index contributed by atoms with van der Waals surface area (Å²) in [5, 5.41) is 10.0. The summed E-state index contributed by atoms with van der Waals surface area (Å²) in [6, 6.07) is 0. The van der Waals surface area contributed by atoms with E-state index >= 15 is 0 Å². The Morgan fingerprint density at radius 1 is 1.00 bits per heavy atom. The Bertz CT molecular complexity index is 427. The number of allylic oxidation sites excluding steroid dienone is 2. The second kappa shape index (κ2) is 4.35. The van der Waals surface area contributed by atoms with E-state index < -0.39 is 0 Å². The van der Waals surface area contributed by atoms with E-state index in [1.165, 1.54) is 38.5 Å². The SMILES string of the molecule is CC12C=CCC1C1CC[C@H]3C[C@@H](O)CCC3(C)C1CC2. The minimum atomic E-state index is -0.00775. The summed E-state index contributed by atoms with van der Waals surface area (Å²) in [5.74, 6) is 3.61. The van der Waals surface area contributed by atoms with E-state index in [4.69, 9.17) is 0 Å². The fourth-order valence-corrected chi connectivity index (χ4v) is 6.72. The zero-order valence-electron chi connectivity index (χ0n) is 13.1. The highest BCUT2D eigenvalue weighted by Gasteiger charge is 2.56. The van der Waals surface area contributed by atoms with Gasteiger partial charge < -0.3 is 5.11 Å². The number of rotatable bonds is 0. The van der Waals surface area contributed by atoms with Crippen molar-refractivity contribution < 1.29 is 5.11 Å². The molecule has 0 aliphatic heterocycles. The van der Waals surface area contributed by atoms with Gasteiger partial charge in [0.05, 0.1) is 6.10 Å². The van der Waals surface area contributed by atoms with Crippen molar-refractivity contribution in [3.05, 3.63) is 12.2 Å². The van der Waals surface area contributed by atoms with Gasteiger partial charge in [-0.1, -0.05) is 26.0 Å². The fourth-order valence-electron chi connectivity index (χ4n) is 6.72. The van der Waals surface area contributed by atoms with Crippen LogP contribution in [0.2, 0.25) is 0 Å².